The number of methoxy groups -OCH3 is 2. The monoisotopic (exact) mass is 344 g/mol. The Balaban J connectivity index is 2.08. The molecule has 0 heterocycles. The van der Waals surface area contributed by atoms with Crippen molar-refractivity contribution < 1.29 is 14.3 Å². The fourth-order valence-corrected chi connectivity index (χ4v) is 4.15. The first-order valence-electron chi connectivity index (χ1n) is 8.58. The topological polar surface area (TPSA) is 35.5 Å². The molecule has 4 rings (SSSR count). The molecule has 1 aliphatic rings. The minimum Gasteiger partial charge on any atom is -0.361 e. The SMILES string of the molecule is CO[C@]1(c2ccccc2)C(=O)[C@](OC)(c2ccccc2)c2ccccc21. The van der Waals surface area contributed by atoms with Crippen LogP contribution in [-0.2, 0) is 25.5 Å². The number of rotatable bonds is 4. The van der Waals surface area contributed by atoms with Gasteiger partial charge in [-0.15, -0.1) is 0 Å². The van der Waals surface area contributed by atoms with Gasteiger partial charge in [0.05, 0.1) is 0 Å². The molecule has 0 saturated carbocycles. The first-order valence-corrected chi connectivity index (χ1v) is 8.58. The van der Waals surface area contributed by atoms with Crippen molar-refractivity contribution in [2.24, 2.45) is 0 Å². The van der Waals surface area contributed by atoms with Gasteiger partial charge in [0.2, 0.25) is 5.78 Å². The Kier molecular flexibility index (Phi) is 3.98. The molecule has 0 aliphatic heterocycles. The van der Waals surface area contributed by atoms with Crippen molar-refractivity contribution in [1.29, 1.82) is 0 Å². The normalized spacial score (nSPS) is 24.5. The van der Waals surface area contributed by atoms with Crippen LogP contribution in [0.3, 0.4) is 0 Å². The van der Waals surface area contributed by atoms with Crippen LogP contribution in [0.15, 0.2) is 84.9 Å². The Bertz CT molecular complexity index is 859. The van der Waals surface area contributed by atoms with Gasteiger partial charge in [-0.2, -0.15) is 0 Å². The molecule has 3 nitrogen and oxygen atoms in total. The van der Waals surface area contributed by atoms with E-state index in [1.54, 1.807) is 14.2 Å². The maximum atomic E-state index is 14.0. The molecule has 0 amide bonds. The van der Waals surface area contributed by atoms with Crippen molar-refractivity contribution in [2.75, 3.05) is 14.2 Å². The molecule has 3 aromatic carbocycles. The van der Waals surface area contributed by atoms with Crippen LogP contribution in [0.4, 0.5) is 0 Å². The number of Topliss-reactive ketones (excluding diaryl/α,β-unsaturated/α-hetero) is 1. The summed E-state index contributed by atoms with van der Waals surface area (Å²) in [5.74, 6) is -0.131. The highest BCUT2D eigenvalue weighted by Crippen LogP contribution is 2.53. The molecule has 3 heteroatoms. The minimum atomic E-state index is -1.20. The number of ether oxygens (including phenoxy) is 2. The summed E-state index contributed by atoms with van der Waals surface area (Å²) in [7, 11) is 3.16. The predicted octanol–water partition coefficient (Wildman–Crippen LogP) is 4.05. The van der Waals surface area contributed by atoms with E-state index in [0.29, 0.717) is 0 Å². The Morgan fingerprint density at radius 1 is 0.577 bits per heavy atom. The molecule has 0 aromatic heterocycles. The van der Waals surface area contributed by atoms with E-state index in [1.165, 1.54) is 0 Å². The van der Waals surface area contributed by atoms with Crippen molar-refractivity contribution in [3.8, 4) is 0 Å². The Morgan fingerprint density at radius 3 is 1.27 bits per heavy atom. The quantitative estimate of drug-likeness (QED) is 0.716. The molecule has 1 aliphatic carbocycles. The number of ketones is 1. The van der Waals surface area contributed by atoms with E-state index >= 15 is 0 Å². The van der Waals surface area contributed by atoms with Gasteiger partial charge in [-0.25, -0.2) is 0 Å². The van der Waals surface area contributed by atoms with E-state index in [1.807, 2.05) is 84.9 Å². The molecule has 2 atom stereocenters. The van der Waals surface area contributed by atoms with Gasteiger partial charge < -0.3 is 9.47 Å². The zero-order valence-electron chi connectivity index (χ0n) is 14.8. The van der Waals surface area contributed by atoms with Crippen molar-refractivity contribution in [3.05, 3.63) is 107 Å². The number of fused-ring (bicyclic) bond motifs is 1. The zero-order valence-corrected chi connectivity index (χ0v) is 14.8. The summed E-state index contributed by atoms with van der Waals surface area (Å²) < 4.78 is 11.9. The van der Waals surface area contributed by atoms with Gasteiger partial charge in [0.1, 0.15) is 0 Å². The number of hydrogen-bond acceptors (Lipinski definition) is 3. The van der Waals surface area contributed by atoms with Crippen molar-refractivity contribution in [3.63, 3.8) is 0 Å². The third kappa shape index (κ3) is 1.99. The molecule has 0 saturated heterocycles. The summed E-state index contributed by atoms with van der Waals surface area (Å²) >= 11 is 0. The summed E-state index contributed by atoms with van der Waals surface area (Å²) in [5, 5.41) is 0. The highest BCUT2D eigenvalue weighted by atomic mass is 16.5. The zero-order chi connectivity index (χ0) is 18.2. The average Bonchev–Trinajstić information content (AvgIpc) is 2.95. The number of carbonyl (C=O) groups excluding carboxylic acids is 1. The summed E-state index contributed by atoms with van der Waals surface area (Å²) in [6, 6.07) is 27.0. The lowest BCUT2D eigenvalue weighted by Crippen LogP contribution is -2.45. The molecule has 0 radical (unpaired) electrons. The van der Waals surface area contributed by atoms with E-state index in [9.17, 15) is 4.79 Å². The van der Waals surface area contributed by atoms with Crippen LogP contribution in [0.5, 0.6) is 0 Å². The van der Waals surface area contributed by atoms with Gasteiger partial charge in [-0.05, 0) is 11.1 Å². The molecule has 26 heavy (non-hydrogen) atoms. The molecule has 0 unspecified atom stereocenters. The smallest absolute Gasteiger partial charge is 0.214 e. The van der Waals surface area contributed by atoms with Gasteiger partial charge in [-0.1, -0.05) is 84.9 Å². The van der Waals surface area contributed by atoms with Crippen LogP contribution in [0.2, 0.25) is 0 Å². The van der Waals surface area contributed by atoms with Gasteiger partial charge in [0.25, 0.3) is 0 Å². The lowest BCUT2D eigenvalue weighted by atomic mass is 9.82. The molecule has 3 aromatic rings. The molecule has 0 bridgehead atoms. The van der Waals surface area contributed by atoms with E-state index < -0.39 is 11.2 Å². The van der Waals surface area contributed by atoms with E-state index in [4.69, 9.17) is 9.47 Å². The van der Waals surface area contributed by atoms with Gasteiger partial charge >= 0.3 is 0 Å². The van der Waals surface area contributed by atoms with Crippen molar-refractivity contribution >= 4 is 5.78 Å². The minimum absolute atomic E-state index is 0.131. The third-order valence-corrected chi connectivity index (χ3v) is 5.30. The van der Waals surface area contributed by atoms with Crippen LogP contribution < -0.4 is 0 Å². The highest BCUT2D eigenvalue weighted by Gasteiger charge is 2.62. The number of hydrogen-bond donors (Lipinski definition) is 0. The summed E-state index contributed by atoms with van der Waals surface area (Å²) in [4.78, 5) is 14.0. The van der Waals surface area contributed by atoms with Crippen LogP contribution >= 0.6 is 0 Å². The Labute approximate surface area is 153 Å². The summed E-state index contributed by atoms with van der Waals surface area (Å²) in [6.07, 6.45) is 0. The van der Waals surface area contributed by atoms with Gasteiger partial charge in [0, 0.05) is 25.3 Å². The molecule has 130 valence electrons. The second kappa shape index (κ2) is 6.20. The number of benzene rings is 3. The molecular weight excluding hydrogens is 324 g/mol. The van der Waals surface area contributed by atoms with E-state index in [0.717, 1.165) is 22.3 Å². The maximum absolute atomic E-state index is 14.0. The highest BCUT2D eigenvalue weighted by molar-refractivity contribution is 6.06. The third-order valence-electron chi connectivity index (χ3n) is 5.30. The molecule has 0 N–H and O–H groups in total. The lowest BCUT2D eigenvalue weighted by molar-refractivity contribution is -0.152. The molecular formula is C23H20O3. The largest absolute Gasteiger partial charge is 0.361 e. The first-order chi connectivity index (χ1) is 12.7. The van der Waals surface area contributed by atoms with E-state index in [2.05, 4.69) is 0 Å². The summed E-state index contributed by atoms with van der Waals surface area (Å²) in [6.45, 7) is 0. The van der Waals surface area contributed by atoms with Crippen molar-refractivity contribution in [1.82, 2.24) is 0 Å². The first kappa shape index (κ1) is 16.7. The van der Waals surface area contributed by atoms with E-state index in [-0.39, 0.29) is 5.78 Å². The molecule has 0 spiro atoms. The van der Waals surface area contributed by atoms with Crippen molar-refractivity contribution in [2.45, 2.75) is 11.2 Å². The number of carbonyl (C=O) groups is 1. The van der Waals surface area contributed by atoms with Crippen LogP contribution in [-0.4, -0.2) is 20.0 Å². The fourth-order valence-electron chi connectivity index (χ4n) is 4.15. The van der Waals surface area contributed by atoms with Crippen LogP contribution in [0, 0.1) is 0 Å². The maximum Gasteiger partial charge on any atom is 0.214 e. The second-order valence-corrected chi connectivity index (χ2v) is 6.38. The molecule has 0 fully saturated rings. The predicted molar refractivity (Wildman–Crippen MR) is 99.9 cm³/mol. The van der Waals surface area contributed by atoms with Gasteiger partial charge in [0.15, 0.2) is 11.2 Å². The van der Waals surface area contributed by atoms with Gasteiger partial charge in [-0.3, -0.25) is 4.79 Å². The van der Waals surface area contributed by atoms with Crippen LogP contribution in [0.25, 0.3) is 0 Å². The Hall–Kier alpha value is -2.75. The summed E-state index contributed by atoms with van der Waals surface area (Å²) in [5.41, 5.74) is 0.839. The second-order valence-electron chi connectivity index (χ2n) is 6.38. The lowest BCUT2D eigenvalue weighted by Gasteiger charge is -2.32. The Morgan fingerprint density at radius 2 is 0.923 bits per heavy atom. The van der Waals surface area contributed by atoms with Crippen LogP contribution in [0.1, 0.15) is 22.3 Å². The average molecular weight is 344 g/mol. The fraction of sp³-hybridized carbons (Fsp3) is 0.174. The standard InChI is InChI=1S/C23H20O3/c1-25-22(17-11-5-3-6-12-17)19-15-9-10-16-20(19)23(26-2,21(22)24)18-13-7-4-8-14-18/h3-16H,1-2H3/t22-,23-/m0/s1.